The highest BCUT2D eigenvalue weighted by Gasteiger charge is 1.83. The van der Waals surface area contributed by atoms with E-state index in [4.69, 9.17) is 15.3 Å². The van der Waals surface area contributed by atoms with Crippen LogP contribution in [0.2, 0.25) is 0 Å². The van der Waals surface area contributed by atoms with Crippen LogP contribution in [0.5, 0.6) is 0 Å². The molecule has 0 heterocycles. The summed E-state index contributed by atoms with van der Waals surface area (Å²) in [5.74, 6) is -0.891. The molecule has 7 nitrogen and oxygen atoms in total. The average Bonchev–Trinajstić information content (AvgIpc) is 2.18. The Kier molecular flexibility index (Phi) is 17.0. The summed E-state index contributed by atoms with van der Waals surface area (Å²) >= 11 is 0. The number of rotatable bonds is 7. The summed E-state index contributed by atoms with van der Waals surface area (Å²) in [5.41, 5.74) is 2.07. The molecule has 0 amide bonds. The van der Waals surface area contributed by atoms with Crippen molar-refractivity contribution >= 4 is 5.97 Å². The van der Waals surface area contributed by atoms with Gasteiger partial charge in [0.1, 0.15) is 0 Å². The Morgan fingerprint density at radius 3 is 1.93 bits per heavy atom. The molecule has 0 aromatic carbocycles. The van der Waals surface area contributed by atoms with Gasteiger partial charge in [-0.1, -0.05) is 11.7 Å². The maximum absolute atomic E-state index is 9.51. The summed E-state index contributed by atoms with van der Waals surface area (Å²) < 4.78 is 0. The second kappa shape index (κ2) is 15.5. The number of nitrogens with one attached hydrogen (secondary N) is 1. The highest BCUT2D eigenvalue weighted by Crippen LogP contribution is 1.67. The minimum atomic E-state index is -0.891. The van der Waals surface area contributed by atoms with E-state index in [0.29, 0.717) is 0 Å². The Morgan fingerprint density at radius 1 is 1.27 bits per heavy atom. The molecule has 0 aliphatic heterocycles. The predicted octanol–water partition coefficient (Wildman–Crippen LogP) is -0.929. The molecule has 0 spiro atoms. The molecule has 15 heavy (non-hydrogen) atoms. The molecule has 0 radical (unpaired) electrons. The first-order chi connectivity index (χ1) is 7.18. The molecule has 0 saturated carbocycles. The standard InChI is InChI=1S/C4H11NO4.C4H6O2/c6-1-3-8-5-9-4-2-7;1-2-3-4(5)6/h5-7H,1-4H2;2-3H,1H3,(H,5,6). The van der Waals surface area contributed by atoms with Crippen molar-refractivity contribution in [2.75, 3.05) is 26.4 Å². The zero-order valence-corrected chi connectivity index (χ0v) is 8.55. The topological polar surface area (TPSA) is 108 Å². The van der Waals surface area contributed by atoms with Gasteiger partial charge in [0.15, 0.2) is 0 Å². The van der Waals surface area contributed by atoms with E-state index >= 15 is 0 Å². The second-order valence-corrected chi connectivity index (χ2v) is 2.07. The van der Waals surface area contributed by atoms with E-state index in [0.717, 1.165) is 6.08 Å². The molecule has 4 N–H and O–H groups in total. The number of aliphatic carboxylic acids is 1. The van der Waals surface area contributed by atoms with Gasteiger partial charge in [0, 0.05) is 6.08 Å². The number of carboxylic acid groups (broad SMARTS) is 1. The van der Waals surface area contributed by atoms with Gasteiger partial charge in [-0.15, -0.1) is 0 Å². The van der Waals surface area contributed by atoms with Crippen LogP contribution in [0.15, 0.2) is 12.2 Å². The van der Waals surface area contributed by atoms with Crippen LogP contribution in [0.25, 0.3) is 0 Å². The van der Waals surface area contributed by atoms with Gasteiger partial charge >= 0.3 is 5.97 Å². The van der Waals surface area contributed by atoms with Crippen LogP contribution in [-0.2, 0) is 14.5 Å². The maximum atomic E-state index is 9.51. The third-order valence-electron chi connectivity index (χ3n) is 0.814. The molecule has 7 heteroatoms. The third kappa shape index (κ3) is 24.6. The number of allylic oxidation sites excluding steroid dienone is 1. The molecule has 0 aliphatic carbocycles. The third-order valence-corrected chi connectivity index (χ3v) is 0.814. The smallest absolute Gasteiger partial charge is 0.327 e. The molecule has 0 aromatic heterocycles. The lowest BCUT2D eigenvalue weighted by Crippen LogP contribution is -2.19. The predicted molar refractivity (Wildman–Crippen MR) is 51.7 cm³/mol. The molecule has 0 atom stereocenters. The van der Waals surface area contributed by atoms with Crippen molar-refractivity contribution in [3.05, 3.63) is 12.2 Å². The van der Waals surface area contributed by atoms with Crippen molar-refractivity contribution < 1.29 is 29.8 Å². The Hall–Kier alpha value is -0.990. The van der Waals surface area contributed by atoms with Gasteiger partial charge in [-0.3, -0.25) is 9.68 Å². The first kappa shape index (κ1) is 16.4. The largest absolute Gasteiger partial charge is 0.478 e. The van der Waals surface area contributed by atoms with E-state index in [-0.39, 0.29) is 26.4 Å². The van der Waals surface area contributed by atoms with Crippen LogP contribution in [-0.4, -0.2) is 47.7 Å². The van der Waals surface area contributed by atoms with Gasteiger partial charge in [-0.2, -0.15) is 0 Å². The molecule has 0 rings (SSSR count). The minimum absolute atomic E-state index is 0.0600. The summed E-state index contributed by atoms with van der Waals surface area (Å²) in [6.45, 7) is 1.88. The van der Waals surface area contributed by atoms with Gasteiger partial charge in [0.05, 0.1) is 26.4 Å². The van der Waals surface area contributed by atoms with Gasteiger partial charge in [0.2, 0.25) is 0 Å². The number of carbonyl (C=O) groups is 1. The number of aliphatic hydroxyl groups is 2. The summed E-state index contributed by atoms with van der Waals surface area (Å²) in [4.78, 5) is 18.4. The monoisotopic (exact) mass is 223 g/mol. The highest BCUT2D eigenvalue weighted by molar-refractivity contribution is 5.79. The number of hydrogen-bond donors (Lipinski definition) is 4. The van der Waals surface area contributed by atoms with Gasteiger partial charge in [0.25, 0.3) is 0 Å². The first-order valence-electron chi connectivity index (χ1n) is 4.25. The van der Waals surface area contributed by atoms with Crippen molar-refractivity contribution in [2.45, 2.75) is 6.92 Å². The van der Waals surface area contributed by atoms with Crippen LogP contribution in [0.1, 0.15) is 6.92 Å². The molecule has 0 aromatic rings. The maximum Gasteiger partial charge on any atom is 0.327 e. The highest BCUT2D eigenvalue weighted by atomic mass is 16.9. The molecule has 90 valence electrons. The SMILES string of the molecule is CC=CC(=O)O.OCCONOCCO. The van der Waals surface area contributed by atoms with Crippen molar-refractivity contribution in [1.82, 2.24) is 5.64 Å². The molecule has 0 bridgehead atoms. The Morgan fingerprint density at radius 2 is 1.73 bits per heavy atom. The minimum Gasteiger partial charge on any atom is -0.478 e. The fourth-order valence-electron chi connectivity index (χ4n) is 0.359. The lowest BCUT2D eigenvalue weighted by molar-refractivity contribution is -0.178. The molecule has 0 aliphatic rings. The zero-order chi connectivity index (χ0) is 11.9. The van der Waals surface area contributed by atoms with E-state index in [1.807, 2.05) is 0 Å². The van der Waals surface area contributed by atoms with Crippen LogP contribution >= 0.6 is 0 Å². The van der Waals surface area contributed by atoms with Gasteiger partial charge < -0.3 is 15.3 Å². The fraction of sp³-hybridized carbons (Fsp3) is 0.625. The van der Waals surface area contributed by atoms with E-state index in [9.17, 15) is 4.79 Å². The summed E-state index contributed by atoms with van der Waals surface area (Å²) in [6, 6.07) is 0. The number of carboxylic acids is 1. The summed E-state index contributed by atoms with van der Waals surface area (Å²) in [5, 5.41) is 24.1. The van der Waals surface area contributed by atoms with Crippen molar-refractivity contribution in [3.63, 3.8) is 0 Å². The lowest BCUT2D eigenvalue weighted by atomic mass is 10.5. The number of aliphatic hydroxyl groups excluding tert-OH is 2. The molecular weight excluding hydrogens is 206 g/mol. The average molecular weight is 223 g/mol. The van der Waals surface area contributed by atoms with E-state index in [2.05, 4.69) is 15.3 Å². The van der Waals surface area contributed by atoms with Crippen LogP contribution in [0.4, 0.5) is 0 Å². The second-order valence-electron chi connectivity index (χ2n) is 2.07. The molecular formula is C8H17NO6. The van der Waals surface area contributed by atoms with E-state index < -0.39 is 5.97 Å². The van der Waals surface area contributed by atoms with Crippen molar-refractivity contribution in [3.8, 4) is 0 Å². The van der Waals surface area contributed by atoms with Crippen LogP contribution in [0, 0.1) is 0 Å². The quantitative estimate of drug-likeness (QED) is 0.251. The Bertz CT molecular complexity index is 155. The molecule has 0 fully saturated rings. The number of hydrogen-bond acceptors (Lipinski definition) is 6. The van der Waals surface area contributed by atoms with E-state index in [1.165, 1.54) is 6.08 Å². The Labute approximate surface area is 87.8 Å². The first-order valence-corrected chi connectivity index (χ1v) is 4.25. The van der Waals surface area contributed by atoms with Gasteiger partial charge in [-0.05, 0) is 6.92 Å². The van der Waals surface area contributed by atoms with E-state index in [1.54, 1.807) is 6.92 Å². The summed E-state index contributed by atoms with van der Waals surface area (Å²) in [7, 11) is 0. The fourth-order valence-corrected chi connectivity index (χ4v) is 0.359. The van der Waals surface area contributed by atoms with Crippen LogP contribution < -0.4 is 5.64 Å². The van der Waals surface area contributed by atoms with Crippen LogP contribution in [0.3, 0.4) is 0 Å². The Balaban J connectivity index is 0. The summed E-state index contributed by atoms with van der Waals surface area (Å²) in [6.07, 6.45) is 2.56. The normalized spacial score (nSPS) is 9.80. The van der Waals surface area contributed by atoms with Crippen molar-refractivity contribution in [2.24, 2.45) is 0 Å². The molecule has 0 saturated heterocycles. The molecule has 0 unspecified atom stereocenters. The zero-order valence-electron chi connectivity index (χ0n) is 8.55. The lowest BCUT2D eigenvalue weighted by Gasteiger charge is -2.01. The van der Waals surface area contributed by atoms with Crippen molar-refractivity contribution in [1.29, 1.82) is 0 Å². The van der Waals surface area contributed by atoms with Gasteiger partial charge in [-0.25, -0.2) is 4.79 Å².